The predicted molar refractivity (Wildman–Crippen MR) is 74.6 cm³/mol. The highest BCUT2D eigenvalue weighted by Crippen LogP contribution is 2.50. The zero-order valence-corrected chi connectivity index (χ0v) is 11.3. The molecule has 2 aliphatic carbocycles. The van der Waals surface area contributed by atoms with E-state index in [9.17, 15) is 10.2 Å². The van der Waals surface area contributed by atoms with Crippen LogP contribution in [0.5, 0.6) is 0 Å². The van der Waals surface area contributed by atoms with Gasteiger partial charge in [0.25, 0.3) is 0 Å². The van der Waals surface area contributed by atoms with Crippen molar-refractivity contribution in [2.45, 2.75) is 12.2 Å². The van der Waals surface area contributed by atoms with Gasteiger partial charge >= 0.3 is 0 Å². The Morgan fingerprint density at radius 1 is 1.00 bits per heavy atom. The molecule has 0 saturated heterocycles. The summed E-state index contributed by atoms with van der Waals surface area (Å²) in [7, 11) is 0. The maximum Gasteiger partial charge on any atom is 0.0873 e. The van der Waals surface area contributed by atoms with Crippen LogP contribution >= 0.6 is 22.6 Å². The molecule has 88 valence electrons. The number of aliphatic hydroxyl groups is 2. The molecule has 0 radical (unpaired) electrons. The Labute approximate surface area is 114 Å². The highest BCUT2D eigenvalue weighted by Gasteiger charge is 2.42. The van der Waals surface area contributed by atoms with Crippen molar-refractivity contribution in [3.8, 4) is 0 Å². The summed E-state index contributed by atoms with van der Waals surface area (Å²) in [6, 6.07) is 7.62. The SMILES string of the molecule is OC1c2ccccc2C(O)C2C(I)=CC=CC12. The van der Waals surface area contributed by atoms with Crippen molar-refractivity contribution in [2.75, 3.05) is 0 Å². The van der Waals surface area contributed by atoms with Gasteiger partial charge in [0.15, 0.2) is 0 Å². The van der Waals surface area contributed by atoms with Gasteiger partial charge in [0.05, 0.1) is 12.2 Å². The van der Waals surface area contributed by atoms with Gasteiger partial charge in [0.2, 0.25) is 0 Å². The lowest BCUT2D eigenvalue weighted by Gasteiger charge is -2.40. The summed E-state index contributed by atoms with van der Waals surface area (Å²) in [5, 5.41) is 20.9. The van der Waals surface area contributed by atoms with Crippen LogP contribution in [0.3, 0.4) is 0 Å². The Kier molecular flexibility index (Phi) is 2.84. The van der Waals surface area contributed by atoms with E-state index in [0.29, 0.717) is 0 Å². The lowest BCUT2D eigenvalue weighted by molar-refractivity contribution is 0.0226. The first-order valence-electron chi connectivity index (χ1n) is 5.69. The van der Waals surface area contributed by atoms with Gasteiger partial charge in [-0.3, -0.25) is 0 Å². The molecule has 2 aliphatic rings. The zero-order chi connectivity index (χ0) is 12.0. The molecule has 0 heterocycles. The Bertz CT molecular complexity index is 507. The minimum Gasteiger partial charge on any atom is -0.388 e. The number of fused-ring (bicyclic) bond motifs is 2. The molecule has 0 saturated carbocycles. The standard InChI is InChI=1S/C14H13IO2/c15-11-7-3-6-10-12(11)14(17)9-5-2-1-4-8(9)13(10)16/h1-7,10,12-14,16-17H. The average molecular weight is 340 g/mol. The van der Waals surface area contributed by atoms with Gasteiger partial charge in [-0.2, -0.15) is 0 Å². The number of allylic oxidation sites excluding steroid dienone is 2. The Morgan fingerprint density at radius 2 is 1.65 bits per heavy atom. The topological polar surface area (TPSA) is 40.5 Å². The molecule has 2 N–H and O–H groups in total. The summed E-state index contributed by atoms with van der Waals surface area (Å²) >= 11 is 2.25. The summed E-state index contributed by atoms with van der Waals surface area (Å²) in [6.07, 6.45) is 4.93. The maximum absolute atomic E-state index is 10.5. The molecule has 2 nitrogen and oxygen atoms in total. The fourth-order valence-corrected chi connectivity index (χ4v) is 3.77. The Morgan fingerprint density at radius 3 is 2.35 bits per heavy atom. The summed E-state index contributed by atoms with van der Waals surface area (Å²) < 4.78 is 1.11. The molecule has 4 unspecified atom stereocenters. The first-order chi connectivity index (χ1) is 8.20. The van der Waals surface area contributed by atoms with E-state index in [0.717, 1.165) is 14.7 Å². The van der Waals surface area contributed by atoms with Gasteiger partial charge in [0, 0.05) is 11.8 Å². The van der Waals surface area contributed by atoms with Crippen LogP contribution in [-0.4, -0.2) is 10.2 Å². The molecular weight excluding hydrogens is 327 g/mol. The van der Waals surface area contributed by atoms with Gasteiger partial charge in [-0.1, -0.05) is 42.5 Å². The monoisotopic (exact) mass is 340 g/mol. The van der Waals surface area contributed by atoms with E-state index in [1.807, 2.05) is 42.5 Å². The molecule has 17 heavy (non-hydrogen) atoms. The van der Waals surface area contributed by atoms with Gasteiger partial charge < -0.3 is 10.2 Å². The Balaban J connectivity index is 2.15. The second-order valence-corrected chi connectivity index (χ2v) is 5.80. The minimum atomic E-state index is -0.521. The van der Waals surface area contributed by atoms with Crippen molar-refractivity contribution in [2.24, 2.45) is 11.8 Å². The first kappa shape index (κ1) is 11.4. The van der Waals surface area contributed by atoms with Gasteiger partial charge in [0.1, 0.15) is 0 Å². The predicted octanol–water partition coefficient (Wildman–Crippen LogP) is 2.89. The molecule has 0 spiro atoms. The summed E-state index contributed by atoms with van der Waals surface area (Å²) in [5.41, 5.74) is 1.72. The van der Waals surface area contributed by atoms with Crippen LogP contribution < -0.4 is 0 Å². The molecular formula is C14H13IO2. The van der Waals surface area contributed by atoms with Crippen molar-refractivity contribution in [1.29, 1.82) is 0 Å². The van der Waals surface area contributed by atoms with Crippen molar-refractivity contribution < 1.29 is 10.2 Å². The smallest absolute Gasteiger partial charge is 0.0873 e. The molecule has 0 fully saturated rings. The largest absolute Gasteiger partial charge is 0.388 e. The third kappa shape index (κ3) is 1.68. The molecule has 4 atom stereocenters. The number of halogens is 1. The normalized spacial score (nSPS) is 34.9. The molecule has 3 heteroatoms. The molecule has 1 aromatic rings. The number of hydrogen-bond acceptors (Lipinski definition) is 2. The Hall–Kier alpha value is -0.650. The van der Waals surface area contributed by atoms with Crippen molar-refractivity contribution in [1.82, 2.24) is 0 Å². The summed E-state index contributed by atoms with van der Waals surface area (Å²) in [4.78, 5) is 0. The van der Waals surface area contributed by atoms with E-state index in [4.69, 9.17) is 0 Å². The van der Waals surface area contributed by atoms with E-state index in [1.165, 1.54) is 0 Å². The molecule has 0 aromatic heterocycles. The van der Waals surface area contributed by atoms with Gasteiger partial charge in [-0.15, -0.1) is 0 Å². The van der Waals surface area contributed by atoms with E-state index in [-0.39, 0.29) is 11.8 Å². The molecule has 1 aromatic carbocycles. The third-order valence-corrected chi connectivity index (χ3v) is 4.74. The number of rotatable bonds is 0. The van der Waals surface area contributed by atoms with E-state index >= 15 is 0 Å². The molecule has 3 rings (SSSR count). The quantitative estimate of drug-likeness (QED) is 0.713. The first-order valence-corrected chi connectivity index (χ1v) is 6.77. The fourth-order valence-electron chi connectivity index (χ4n) is 2.80. The third-order valence-electron chi connectivity index (χ3n) is 3.66. The van der Waals surface area contributed by atoms with Crippen LogP contribution in [0.1, 0.15) is 23.3 Å². The van der Waals surface area contributed by atoms with Crippen LogP contribution in [0, 0.1) is 11.8 Å². The molecule has 0 aliphatic heterocycles. The van der Waals surface area contributed by atoms with Gasteiger partial charge in [-0.25, -0.2) is 0 Å². The average Bonchev–Trinajstić information content (AvgIpc) is 2.36. The lowest BCUT2D eigenvalue weighted by Crippen LogP contribution is -2.33. The lowest BCUT2D eigenvalue weighted by atomic mass is 9.70. The highest BCUT2D eigenvalue weighted by molar-refractivity contribution is 14.1. The van der Waals surface area contributed by atoms with Crippen molar-refractivity contribution in [3.05, 3.63) is 57.2 Å². The minimum absolute atomic E-state index is 0.00880. The maximum atomic E-state index is 10.5. The number of benzene rings is 1. The zero-order valence-electron chi connectivity index (χ0n) is 9.12. The van der Waals surface area contributed by atoms with Crippen LogP contribution in [0.15, 0.2) is 46.1 Å². The second kappa shape index (κ2) is 4.23. The molecule has 0 bridgehead atoms. The summed E-state index contributed by atoms with van der Waals surface area (Å²) in [5.74, 6) is -0.0256. The van der Waals surface area contributed by atoms with E-state index in [2.05, 4.69) is 22.6 Å². The van der Waals surface area contributed by atoms with Crippen LogP contribution in [0.2, 0.25) is 0 Å². The summed E-state index contributed by atoms with van der Waals surface area (Å²) in [6.45, 7) is 0. The van der Waals surface area contributed by atoms with Crippen LogP contribution in [-0.2, 0) is 0 Å². The van der Waals surface area contributed by atoms with Crippen LogP contribution in [0.4, 0.5) is 0 Å². The van der Waals surface area contributed by atoms with Crippen LogP contribution in [0.25, 0.3) is 0 Å². The van der Waals surface area contributed by atoms with Crippen molar-refractivity contribution in [3.63, 3.8) is 0 Å². The molecule has 0 amide bonds. The number of hydrogen-bond donors (Lipinski definition) is 2. The van der Waals surface area contributed by atoms with Gasteiger partial charge in [-0.05, 0) is 37.3 Å². The number of aliphatic hydroxyl groups excluding tert-OH is 2. The van der Waals surface area contributed by atoms with Crippen molar-refractivity contribution >= 4 is 22.6 Å². The van der Waals surface area contributed by atoms with E-state index < -0.39 is 12.2 Å². The fraction of sp³-hybridized carbons (Fsp3) is 0.286. The highest BCUT2D eigenvalue weighted by atomic mass is 127. The second-order valence-electron chi connectivity index (χ2n) is 4.56. The van der Waals surface area contributed by atoms with E-state index in [1.54, 1.807) is 0 Å².